The van der Waals surface area contributed by atoms with Crippen molar-refractivity contribution in [2.24, 2.45) is 5.10 Å². The fourth-order valence-corrected chi connectivity index (χ4v) is 3.39. The van der Waals surface area contributed by atoms with Crippen molar-refractivity contribution in [1.82, 2.24) is 5.43 Å². The average Bonchev–Trinajstić information content (AvgIpc) is 2.85. The van der Waals surface area contributed by atoms with Gasteiger partial charge in [0.1, 0.15) is 5.75 Å². The summed E-state index contributed by atoms with van der Waals surface area (Å²) in [6.45, 7) is 0. The highest BCUT2D eigenvalue weighted by Crippen LogP contribution is 2.20. The number of hydrazone groups is 1. The SMILES string of the molecule is O=C(Cc1cccc2ccccc12)NN=Cc1ccccc1OC(=O)c1ccc([N+](=O)[O-])cc1. The number of para-hydroxylation sites is 1. The summed E-state index contributed by atoms with van der Waals surface area (Å²) in [6.07, 6.45) is 1.55. The number of hydrogen-bond donors (Lipinski definition) is 1. The second-order valence-corrected chi connectivity index (χ2v) is 7.34. The Morgan fingerprint density at radius 1 is 0.912 bits per heavy atom. The minimum atomic E-state index is -0.671. The lowest BCUT2D eigenvalue weighted by molar-refractivity contribution is -0.384. The van der Waals surface area contributed by atoms with Gasteiger partial charge in [-0.25, -0.2) is 10.2 Å². The third kappa shape index (κ3) is 5.31. The third-order valence-corrected chi connectivity index (χ3v) is 5.06. The average molecular weight is 453 g/mol. The van der Waals surface area contributed by atoms with Crippen molar-refractivity contribution in [2.45, 2.75) is 6.42 Å². The minimum absolute atomic E-state index is 0.122. The van der Waals surface area contributed by atoms with Crippen molar-refractivity contribution >= 4 is 34.6 Å². The number of nitro groups is 1. The number of amides is 1. The number of carbonyl (C=O) groups is 2. The van der Waals surface area contributed by atoms with Crippen molar-refractivity contribution in [3.63, 3.8) is 0 Å². The van der Waals surface area contributed by atoms with Crippen LogP contribution in [0.5, 0.6) is 5.75 Å². The van der Waals surface area contributed by atoms with Gasteiger partial charge >= 0.3 is 5.97 Å². The second-order valence-electron chi connectivity index (χ2n) is 7.34. The molecule has 8 heteroatoms. The number of non-ortho nitro benzene ring substituents is 1. The van der Waals surface area contributed by atoms with Crippen molar-refractivity contribution in [3.8, 4) is 5.75 Å². The van der Waals surface area contributed by atoms with Gasteiger partial charge in [0.15, 0.2) is 0 Å². The number of nitro benzene ring substituents is 1. The number of ether oxygens (including phenoxy) is 1. The predicted molar refractivity (Wildman–Crippen MR) is 128 cm³/mol. The Balaban J connectivity index is 1.41. The molecular formula is C26H19N3O5. The molecule has 8 nitrogen and oxygen atoms in total. The van der Waals surface area contributed by atoms with E-state index in [4.69, 9.17) is 4.74 Å². The summed E-state index contributed by atoms with van der Waals surface area (Å²) < 4.78 is 5.42. The zero-order chi connectivity index (χ0) is 23.9. The van der Waals surface area contributed by atoms with Gasteiger partial charge in [-0.2, -0.15) is 5.10 Å². The molecule has 0 aliphatic heterocycles. The maximum atomic E-state index is 12.4. The molecule has 0 saturated carbocycles. The second kappa shape index (κ2) is 10.2. The highest BCUT2D eigenvalue weighted by atomic mass is 16.6. The highest BCUT2D eigenvalue weighted by Gasteiger charge is 2.13. The number of hydrogen-bond acceptors (Lipinski definition) is 6. The van der Waals surface area contributed by atoms with Crippen LogP contribution in [0.25, 0.3) is 10.8 Å². The van der Waals surface area contributed by atoms with E-state index in [1.807, 2.05) is 42.5 Å². The number of nitrogens with one attached hydrogen (secondary N) is 1. The summed E-state index contributed by atoms with van der Waals surface area (Å²) in [7, 11) is 0. The Kier molecular flexibility index (Phi) is 6.69. The zero-order valence-electron chi connectivity index (χ0n) is 17.9. The molecule has 0 fully saturated rings. The quantitative estimate of drug-likeness (QED) is 0.144. The van der Waals surface area contributed by atoms with E-state index in [0.717, 1.165) is 16.3 Å². The molecule has 0 radical (unpaired) electrons. The van der Waals surface area contributed by atoms with Gasteiger partial charge in [0.05, 0.1) is 23.1 Å². The molecule has 0 unspecified atom stereocenters. The Labute approximate surface area is 194 Å². The Morgan fingerprint density at radius 3 is 2.41 bits per heavy atom. The smallest absolute Gasteiger partial charge is 0.343 e. The van der Waals surface area contributed by atoms with Crippen LogP contribution in [0.3, 0.4) is 0 Å². The Morgan fingerprint density at radius 2 is 1.62 bits per heavy atom. The molecule has 0 aliphatic rings. The lowest BCUT2D eigenvalue weighted by Crippen LogP contribution is -2.20. The van der Waals surface area contributed by atoms with E-state index < -0.39 is 10.9 Å². The number of carbonyl (C=O) groups excluding carboxylic acids is 2. The fraction of sp³-hybridized carbons (Fsp3) is 0.0385. The van der Waals surface area contributed by atoms with Crippen molar-refractivity contribution < 1.29 is 19.2 Å². The van der Waals surface area contributed by atoms with E-state index in [9.17, 15) is 19.7 Å². The van der Waals surface area contributed by atoms with Crippen LogP contribution in [0.15, 0.2) is 96.1 Å². The zero-order valence-corrected chi connectivity index (χ0v) is 17.9. The molecule has 0 bridgehead atoms. The van der Waals surface area contributed by atoms with E-state index >= 15 is 0 Å². The largest absolute Gasteiger partial charge is 0.422 e. The molecule has 4 rings (SSSR count). The fourth-order valence-electron chi connectivity index (χ4n) is 3.39. The molecule has 1 amide bonds. The lowest BCUT2D eigenvalue weighted by atomic mass is 10.0. The van der Waals surface area contributed by atoms with Gasteiger partial charge in [-0.15, -0.1) is 0 Å². The normalized spacial score (nSPS) is 10.8. The molecule has 1 N–H and O–H groups in total. The van der Waals surface area contributed by atoms with Gasteiger partial charge in [-0.1, -0.05) is 54.6 Å². The van der Waals surface area contributed by atoms with Crippen LogP contribution >= 0.6 is 0 Å². The third-order valence-electron chi connectivity index (χ3n) is 5.06. The number of rotatable bonds is 7. The molecule has 0 aliphatic carbocycles. The van der Waals surface area contributed by atoms with E-state index in [1.165, 1.54) is 30.5 Å². The van der Waals surface area contributed by atoms with E-state index in [0.29, 0.717) is 5.56 Å². The topological polar surface area (TPSA) is 111 Å². The van der Waals surface area contributed by atoms with Gasteiger partial charge in [0.25, 0.3) is 5.69 Å². The molecule has 0 spiro atoms. The molecule has 168 valence electrons. The molecule has 0 aromatic heterocycles. The summed E-state index contributed by atoms with van der Waals surface area (Å²) in [5, 5.41) is 16.8. The molecule has 0 saturated heterocycles. The van der Waals surface area contributed by atoms with Crippen LogP contribution < -0.4 is 10.2 Å². The molecule has 0 atom stereocenters. The van der Waals surface area contributed by atoms with E-state index in [2.05, 4.69) is 10.5 Å². The first-order valence-corrected chi connectivity index (χ1v) is 10.4. The molecule has 4 aromatic carbocycles. The van der Waals surface area contributed by atoms with Gasteiger partial charge in [0.2, 0.25) is 5.91 Å². The van der Waals surface area contributed by atoms with Gasteiger partial charge in [0, 0.05) is 17.7 Å². The summed E-state index contributed by atoms with van der Waals surface area (Å²) in [4.78, 5) is 35.1. The Hall–Kier alpha value is -4.85. The summed E-state index contributed by atoms with van der Waals surface area (Å²) in [5.74, 6) is -0.721. The van der Waals surface area contributed by atoms with Gasteiger partial charge in [-0.3, -0.25) is 14.9 Å². The van der Waals surface area contributed by atoms with Crippen molar-refractivity contribution in [2.75, 3.05) is 0 Å². The van der Waals surface area contributed by atoms with E-state index in [1.54, 1.807) is 24.3 Å². The minimum Gasteiger partial charge on any atom is -0.422 e. The number of esters is 1. The predicted octanol–water partition coefficient (Wildman–Crippen LogP) is 4.66. The number of fused-ring (bicyclic) bond motifs is 1. The lowest BCUT2D eigenvalue weighted by Gasteiger charge is -2.07. The first-order valence-electron chi connectivity index (χ1n) is 10.4. The first kappa shape index (κ1) is 22.3. The van der Waals surface area contributed by atoms with Crippen molar-refractivity contribution in [3.05, 3.63) is 118 Å². The number of nitrogens with zero attached hydrogens (tertiary/aromatic N) is 2. The first-order chi connectivity index (χ1) is 16.5. The van der Waals surface area contributed by atoms with Crippen molar-refractivity contribution in [1.29, 1.82) is 0 Å². The van der Waals surface area contributed by atoms with Gasteiger partial charge < -0.3 is 4.74 Å². The van der Waals surface area contributed by atoms with Crippen LogP contribution in [0, 0.1) is 10.1 Å². The van der Waals surface area contributed by atoms with Crippen LogP contribution in [-0.4, -0.2) is 23.0 Å². The molecular weight excluding hydrogens is 434 g/mol. The summed E-state index contributed by atoms with van der Waals surface area (Å²) in [5.41, 5.74) is 3.91. The number of benzene rings is 4. The molecule has 4 aromatic rings. The maximum Gasteiger partial charge on any atom is 0.343 e. The summed E-state index contributed by atoms with van der Waals surface area (Å²) >= 11 is 0. The molecule has 0 heterocycles. The summed E-state index contributed by atoms with van der Waals surface area (Å²) in [6, 6.07) is 25.4. The highest BCUT2D eigenvalue weighted by molar-refractivity contribution is 5.94. The van der Waals surface area contributed by atoms with Gasteiger partial charge in [-0.05, 0) is 40.6 Å². The standard InChI is InChI=1S/C26H19N3O5/c30-25(16-20-9-5-8-18-6-1-3-10-23(18)20)28-27-17-21-7-2-4-11-24(21)34-26(31)19-12-14-22(15-13-19)29(32)33/h1-15,17H,16H2,(H,28,30). The Bertz CT molecular complexity index is 1390. The van der Waals surface area contributed by atoms with Crippen LogP contribution in [0.1, 0.15) is 21.5 Å². The van der Waals surface area contributed by atoms with E-state index in [-0.39, 0.29) is 29.3 Å². The monoisotopic (exact) mass is 453 g/mol. The maximum absolute atomic E-state index is 12.4. The van der Waals surface area contributed by atoms with Crippen LogP contribution in [0.2, 0.25) is 0 Å². The molecule has 34 heavy (non-hydrogen) atoms. The van der Waals surface area contributed by atoms with Crippen LogP contribution in [0.4, 0.5) is 5.69 Å². The van der Waals surface area contributed by atoms with Crippen LogP contribution in [-0.2, 0) is 11.2 Å².